The number of nitrogens with zero attached hydrogens (tertiary/aromatic N) is 4. The van der Waals surface area contributed by atoms with Crippen molar-refractivity contribution < 1.29 is 0 Å². The first kappa shape index (κ1) is 13.3. The summed E-state index contributed by atoms with van der Waals surface area (Å²) >= 11 is 3.48. The van der Waals surface area contributed by atoms with Gasteiger partial charge in [-0.25, -0.2) is 9.97 Å². The Morgan fingerprint density at radius 1 is 1.24 bits per heavy atom. The van der Waals surface area contributed by atoms with Crippen LogP contribution < -0.4 is 0 Å². The molecule has 4 nitrogen and oxygen atoms in total. The maximum Gasteiger partial charge on any atom is 0.131 e. The van der Waals surface area contributed by atoms with Gasteiger partial charge < -0.3 is 0 Å². The van der Waals surface area contributed by atoms with Gasteiger partial charge in [-0.1, -0.05) is 0 Å². The Morgan fingerprint density at radius 2 is 2.14 bits per heavy atom. The fourth-order valence-electron chi connectivity index (χ4n) is 2.86. The van der Waals surface area contributed by atoms with Crippen LogP contribution in [-0.4, -0.2) is 26.4 Å². The molecule has 4 rings (SSSR count). The number of halogens is 1. The lowest BCUT2D eigenvalue weighted by Gasteiger charge is -2.28. The number of fused-ring (bicyclic) bond motifs is 1. The Labute approximate surface area is 132 Å². The molecule has 1 aliphatic heterocycles. The van der Waals surface area contributed by atoms with Gasteiger partial charge in [-0.2, -0.15) is 0 Å². The Hall–Kier alpha value is -1.33. The maximum atomic E-state index is 4.77. The molecular weight excluding hydrogens is 328 g/mol. The third kappa shape index (κ3) is 2.99. The lowest BCUT2D eigenvalue weighted by atomic mass is 10.1. The first-order chi connectivity index (χ1) is 10.3. The molecule has 2 aliphatic rings. The quantitative estimate of drug-likeness (QED) is 0.857. The number of rotatable bonds is 3. The highest BCUT2D eigenvalue weighted by molar-refractivity contribution is 9.10. The van der Waals surface area contributed by atoms with Crippen molar-refractivity contribution in [3.63, 3.8) is 0 Å². The maximum absolute atomic E-state index is 4.77. The summed E-state index contributed by atoms with van der Waals surface area (Å²) in [6.45, 7) is 2.92. The van der Waals surface area contributed by atoms with Crippen LogP contribution in [0, 0.1) is 0 Å². The van der Waals surface area contributed by atoms with Crippen molar-refractivity contribution >= 4 is 15.9 Å². The van der Waals surface area contributed by atoms with Crippen LogP contribution in [0.3, 0.4) is 0 Å². The molecule has 1 fully saturated rings. The van der Waals surface area contributed by atoms with Crippen molar-refractivity contribution in [2.24, 2.45) is 0 Å². The van der Waals surface area contributed by atoms with E-state index in [1.54, 1.807) is 0 Å². The molecule has 21 heavy (non-hydrogen) atoms. The molecule has 0 spiro atoms. The third-order valence-electron chi connectivity index (χ3n) is 4.14. The van der Waals surface area contributed by atoms with Crippen LogP contribution in [0.25, 0.3) is 0 Å². The highest BCUT2D eigenvalue weighted by Gasteiger charge is 2.28. The number of hydrogen-bond acceptors (Lipinski definition) is 4. The predicted molar refractivity (Wildman–Crippen MR) is 83.8 cm³/mol. The van der Waals surface area contributed by atoms with E-state index in [4.69, 9.17) is 4.98 Å². The first-order valence-electron chi connectivity index (χ1n) is 7.44. The summed E-state index contributed by atoms with van der Waals surface area (Å²) in [5.74, 6) is 1.71. The average Bonchev–Trinajstić information content (AvgIpc) is 3.31. The molecule has 0 atom stereocenters. The fraction of sp³-hybridized carbons (Fsp3) is 0.438. The molecule has 5 heteroatoms. The molecule has 1 aliphatic carbocycles. The van der Waals surface area contributed by atoms with Crippen molar-refractivity contribution in [1.29, 1.82) is 0 Å². The molecule has 0 unspecified atom stereocenters. The Morgan fingerprint density at radius 3 is 2.95 bits per heavy atom. The van der Waals surface area contributed by atoms with E-state index >= 15 is 0 Å². The van der Waals surface area contributed by atoms with E-state index in [0.29, 0.717) is 5.92 Å². The number of aromatic nitrogens is 3. The summed E-state index contributed by atoms with van der Waals surface area (Å²) < 4.78 is 1.04. The minimum atomic E-state index is 0.640. The van der Waals surface area contributed by atoms with E-state index in [2.05, 4.69) is 36.9 Å². The Kier molecular flexibility index (Phi) is 3.47. The van der Waals surface area contributed by atoms with Gasteiger partial charge in [0.05, 0.1) is 0 Å². The van der Waals surface area contributed by atoms with E-state index < -0.39 is 0 Å². The van der Waals surface area contributed by atoms with Crippen molar-refractivity contribution in [2.45, 2.75) is 38.3 Å². The summed E-state index contributed by atoms with van der Waals surface area (Å²) in [5, 5.41) is 0. The van der Waals surface area contributed by atoms with Crippen molar-refractivity contribution in [3.8, 4) is 0 Å². The van der Waals surface area contributed by atoms with Crippen LogP contribution in [0.4, 0.5) is 0 Å². The van der Waals surface area contributed by atoms with Gasteiger partial charge in [0.1, 0.15) is 5.82 Å². The molecule has 2 aromatic heterocycles. The molecule has 0 bridgehead atoms. The normalized spacial score (nSPS) is 18.5. The van der Waals surface area contributed by atoms with E-state index in [0.717, 1.165) is 36.4 Å². The van der Waals surface area contributed by atoms with Gasteiger partial charge >= 0.3 is 0 Å². The van der Waals surface area contributed by atoms with Crippen LogP contribution in [0.5, 0.6) is 0 Å². The van der Waals surface area contributed by atoms with Crippen LogP contribution >= 0.6 is 15.9 Å². The first-order valence-corrected chi connectivity index (χ1v) is 8.24. The molecule has 0 aromatic carbocycles. The molecule has 1 saturated carbocycles. The molecule has 3 heterocycles. The molecule has 108 valence electrons. The smallest absolute Gasteiger partial charge is 0.131 e. The van der Waals surface area contributed by atoms with Crippen LogP contribution in [0.15, 0.2) is 29.1 Å². The highest BCUT2D eigenvalue weighted by Crippen LogP contribution is 2.38. The van der Waals surface area contributed by atoms with Crippen LogP contribution in [-0.2, 0) is 19.5 Å². The zero-order valence-corrected chi connectivity index (χ0v) is 13.4. The van der Waals surface area contributed by atoms with E-state index in [-0.39, 0.29) is 0 Å². The second kappa shape index (κ2) is 5.46. The van der Waals surface area contributed by atoms with E-state index in [9.17, 15) is 0 Å². The van der Waals surface area contributed by atoms with Crippen molar-refractivity contribution in [3.05, 3.63) is 51.8 Å². The number of pyridine rings is 1. The molecule has 0 radical (unpaired) electrons. The topological polar surface area (TPSA) is 41.9 Å². The lowest BCUT2D eigenvalue weighted by Crippen LogP contribution is -2.31. The van der Waals surface area contributed by atoms with E-state index in [1.807, 2.05) is 18.6 Å². The van der Waals surface area contributed by atoms with Crippen LogP contribution in [0.2, 0.25) is 0 Å². The minimum absolute atomic E-state index is 0.640. The second-order valence-electron chi connectivity index (χ2n) is 5.95. The van der Waals surface area contributed by atoms with Crippen molar-refractivity contribution in [1.82, 2.24) is 19.9 Å². The van der Waals surface area contributed by atoms with Gasteiger partial charge in [0.15, 0.2) is 0 Å². The van der Waals surface area contributed by atoms with E-state index in [1.165, 1.54) is 29.7 Å². The third-order valence-corrected chi connectivity index (χ3v) is 4.58. The van der Waals surface area contributed by atoms with Gasteiger partial charge in [0.2, 0.25) is 0 Å². The predicted octanol–water partition coefficient (Wildman–Crippen LogP) is 3.07. The molecular formula is C16H17BrN4. The Balaban J connectivity index is 1.48. The molecule has 0 N–H and O–H groups in total. The summed E-state index contributed by atoms with van der Waals surface area (Å²) in [5.41, 5.74) is 3.78. The van der Waals surface area contributed by atoms with Gasteiger partial charge in [-0.05, 0) is 40.4 Å². The summed E-state index contributed by atoms with van der Waals surface area (Å²) in [4.78, 5) is 16.0. The molecule has 0 amide bonds. The lowest BCUT2D eigenvalue weighted by molar-refractivity contribution is 0.242. The highest BCUT2D eigenvalue weighted by atomic mass is 79.9. The zero-order chi connectivity index (χ0) is 14.2. The van der Waals surface area contributed by atoms with Gasteiger partial charge in [0, 0.05) is 66.3 Å². The second-order valence-corrected chi connectivity index (χ2v) is 6.86. The number of hydrogen-bond donors (Lipinski definition) is 0. The van der Waals surface area contributed by atoms with Gasteiger partial charge in [0.25, 0.3) is 0 Å². The molecule has 2 aromatic rings. The summed E-state index contributed by atoms with van der Waals surface area (Å²) in [6, 6.07) is 2.13. The summed E-state index contributed by atoms with van der Waals surface area (Å²) in [6.07, 6.45) is 9.36. The average molecular weight is 345 g/mol. The SMILES string of the molecule is Brc1cncc(CN2CCc3nc(C4CC4)ncc3C2)c1. The van der Waals surface area contributed by atoms with Gasteiger partial charge in [-0.3, -0.25) is 9.88 Å². The fourth-order valence-corrected chi connectivity index (χ4v) is 3.28. The minimum Gasteiger partial charge on any atom is -0.294 e. The largest absolute Gasteiger partial charge is 0.294 e. The monoisotopic (exact) mass is 344 g/mol. The van der Waals surface area contributed by atoms with Crippen molar-refractivity contribution in [2.75, 3.05) is 6.54 Å². The van der Waals surface area contributed by atoms with Gasteiger partial charge in [-0.15, -0.1) is 0 Å². The summed E-state index contributed by atoms with van der Waals surface area (Å²) in [7, 11) is 0. The molecule has 0 saturated heterocycles. The van der Waals surface area contributed by atoms with Crippen LogP contribution in [0.1, 0.15) is 41.4 Å². The Bertz CT molecular complexity index is 669. The zero-order valence-electron chi connectivity index (χ0n) is 11.8. The standard InChI is InChI=1S/C16H17BrN4/c17-14-5-11(6-18-8-14)9-21-4-3-15-13(10-21)7-19-16(20-15)12-1-2-12/h5-8,12H,1-4,9-10H2.